The van der Waals surface area contributed by atoms with Crippen LogP contribution in [-0.2, 0) is 6.42 Å². The van der Waals surface area contributed by atoms with Gasteiger partial charge in [0.2, 0.25) is 0 Å². The highest BCUT2D eigenvalue weighted by Crippen LogP contribution is 2.18. The third-order valence-electron chi connectivity index (χ3n) is 3.25. The maximum atomic E-state index is 12.9. The van der Waals surface area contributed by atoms with Crippen LogP contribution in [0.15, 0.2) is 42.5 Å². The minimum absolute atomic E-state index is 0.182. The summed E-state index contributed by atoms with van der Waals surface area (Å²) in [7, 11) is 0. The molecular weight excluding hydrogens is 237 g/mol. The average molecular weight is 257 g/mol. The predicted octanol–water partition coefficient (Wildman–Crippen LogP) is 4.49. The van der Waals surface area contributed by atoms with E-state index < -0.39 is 0 Å². The van der Waals surface area contributed by atoms with Gasteiger partial charge in [-0.15, -0.1) is 0 Å². The highest BCUT2D eigenvalue weighted by Gasteiger charge is 2.06. The zero-order chi connectivity index (χ0) is 13.8. The van der Waals surface area contributed by atoms with Crippen LogP contribution in [0.4, 0.5) is 10.1 Å². The fourth-order valence-electron chi connectivity index (χ4n) is 2.18. The van der Waals surface area contributed by atoms with Crippen molar-refractivity contribution in [3.8, 4) is 0 Å². The lowest BCUT2D eigenvalue weighted by molar-refractivity contribution is 0.626. The molecule has 2 aromatic rings. The van der Waals surface area contributed by atoms with E-state index in [4.69, 9.17) is 0 Å². The summed E-state index contributed by atoms with van der Waals surface area (Å²) in [5.74, 6) is -0.182. The van der Waals surface area contributed by atoms with E-state index in [2.05, 4.69) is 44.3 Å². The van der Waals surface area contributed by atoms with Crippen LogP contribution in [0.2, 0.25) is 0 Å². The summed E-state index contributed by atoms with van der Waals surface area (Å²) in [5, 5.41) is 3.52. The lowest BCUT2D eigenvalue weighted by atomic mass is 10.1. The van der Waals surface area contributed by atoms with Gasteiger partial charge in [-0.2, -0.15) is 0 Å². The fraction of sp³-hybridized carbons (Fsp3) is 0.294. The highest BCUT2D eigenvalue weighted by atomic mass is 19.1. The number of rotatable bonds is 4. The van der Waals surface area contributed by atoms with Gasteiger partial charge in [-0.1, -0.05) is 24.3 Å². The van der Waals surface area contributed by atoms with Crippen molar-refractivity contribution in [3.63, 3.8) is 0 Å². The van der Waals surface area contributed by atoms with Crippen molar-refractivity contribution in [1.82, 2.24) is 0 Å². The number of aryl methyl sites for hydroxylation is 2. The van der Waals surface area contributed by atoms with Crippen LogP contribution in [0, 0.1) is 19.7 Å². The molecule has 0 radical (unpaired) electrons. The second-order valence-corrected chi connectivity index (χ2v) is 5.19. The van der Waals surface area contributed by atoms with Crippen molar-refractivity contribution in [2.24, 2.45) is 0 Å². The van der Waals surface area contributed by atoms with Crippen molar-refractivity contribution in [2.45, 2.75) is 33.2 Å². The van der Waals surface area contributed by atoms with E-state index in [0.29, 0.717) is 6.04 Å². The zero-order valence-electron chi connectivity index (χ0n) is 11.7. The third kappa shape index (κ3) is 3.82. The second kappa shape index (κ2) is 5.87. The molecule has 1 atom stereocenters. The van der Waals surface area contributed by atoms with Crippen LogP contribution < -0.4 is 5.32 Å². The summed E-state index contributed by atoms with van der Waals surface area (Å²) in [6, 6.07) is 13.4. The Morgan fingerprint density at radius 3 is 2.42 bits per heavy atom. The number of hydrogen-bond donors (Lipinski definition) is 1. The molecule has 2 aromatic carbocycles. The Bertz CT molecular complexity index is 546. The molecule has 0 fully saturated rings. The molecule has 2 heteroatoms. The first kappa shape index (κ1) is 13.6. The second-order valence-electron chi connectivity index (χ2n) is 5.19. The monoisotopic (exact) mass is 257 g/mol. The maximum absolute atomic E-state index is 12.9. The van der Waals surface area contributed by atoms with Gasteiger partial charge in [-0.05, 0) is 62.1 Å². The van der Waals surface area contributed by atoms with Gasteiger partial charge >= 0.3 is 0 Å². The maximum Gasteiger partial charge on any atom is 0.123 e. The zero-order valence-corrected chi connectivity index (χ0v) is 11.7. The summed E-state index contributed by atoms with van der Waals surface area (Å²) < 4.78 is 12.9. The molecule has 2 rings (SSSR count). The van der Waals surface area contributed by atoms with Crippen LogP contribution in [0.25, 0.3) is 0 Å². The van der Waals surface area contributed by atoms with Crippen molar-refractivity contribution in [1.29, 1.82) is 0 Å². The first-order chi connectivity index (χ1) is 9.04. The van der Waals surface area contributed by atoms with E-state index in [1.54, 1.807) is 0 Å². The molecule has 0 heterocycles. The Morgan fingerprint density at radius 2 is 1.74 bits per heavy atom. The molecule has 0 saturated heterocycles. The molecule has 0 aliphatic heterocycles. The Morgan fingerprint density at radius 1 is 1.05 bits per heavy atom. The predicted molar refractivity (Wildman–Crippen MR) is 79.1 cm³/mol. The summed E-state index contributed by atoms with van der Waals surface area (Å²) >= 11 is 0. The van der Waals surface area contributed by atoms with E-state index in [0.717, 1.165) is 12.0 Å². The van der Waals surface area contributed by atoms with Gasteiger partial charge < -0.3 is 5.32 Å². The Hall–Kier alpha value is -1.83. The molecule has 1 unspecified atom stereocenters. The normalized spacial score (nSPS) is 12.2. The van der Waals surface area contributed by atoms with Crippen molar-refractivity contribution >= 4 is 5.69 Å². The Kier molecular flexibility index (Phi) is 4.20. The summed E-state index contributed by atoms with van der Waals surface area (Å²) in [4.78, 5) is 0. The number of halogens is 1. The summed E-state index contributed by atoms with van der Waals surface area (Å²) in [6.45, 7) is 6.34. The number of hydrogen-bond acceptors (Lipinski definition) is 1. The first-order valence-corrected chi connectivity index (χ1v) is 6.63. The highest BCUT2D eigenvalue weighted by molar-refractivity contribution is 5.53. The lowest BCUT2D eigenvalue weighted by Crippen LogP contribution is -2.18. The van der Waals surface area contributed by atoms with Gasteiger partial charge in [0.25, 0.3) is 0 Å². The summed E-state index contributed by atoms with van der Waals surface area (Å²) in [6.07, 6.45) is 0.883. The molecule has 0 saturated carbocycles. The molecule has 19 heavy (non-hydrogen) atoms. The standard InChI is InChI=1S/C17H20FN/c1-12-4-5-13(2)17(10-12)19-14(3)11-15-6-8-16(18)9-7-15/h4-10,14,19H,11H2,1-3H3. The van der Waals surface area contributed by atoms with Gasteiger partial charge in [0.05, 0.1) is 0 Å². The van der Waals surface area contributed by atoms with E-state index in [1.807, 2.05) is 12.1 Å². The Balaban J connectivity index is 2.02. The smallest absolute Gasteiger partial charge is 0.123 e. The van der Waals surface area contributed by atoms with Crippen molar-refractivity contribution in [3.05, 3.63) is 65.0 Å². The number of benzene rings is 2. The number of nitrogens with one attached hydrogen (secondary N) is 1. The quantitative estimate of drug-likeness (QED) is 0.851. The minimum Gasteiger partial charge on any atom is -0.382 e. The van der Waals surface area contributed by atoms with E-state index in [1.165, 1.54) is 28.9 Å². The third-order valence-corrected chi connectivity index (χ3v) is 3.25. The first-order valence-electron chi connectivity index (χ1n) is 6.63. The van der Waals surface area contributed by atoms with Crippen LogP contribution in [0.3, 0.4) is 0 Å². The lowest BCUT2D eigenvalue weighted by Gasteiger charge is -2.17. The average Bonchev–Trinajstić information content (AvgIpc) is 2.37. The van der Waals surface area contributed by atoms with Crippen LogP contribution in [-0.4, -0.2) is 6.04 Å². The van der Waals surface area contributed by atoms with E-state index >= 15 is 0 Å². The van der Waals surface area contributed by atoms with Gasteiger partial charge in [0.15, 0.2) is 0 Å². The van der Waals surface area contributed by atoms with Gasteiger partial charge in [0, 0.05) is 11.7 Å². The molecule has 1 N–H and O–H groups in total. The van der Waals surface area contributed by atoms with Gasteiger partial charge in [0.1, 0.15) is 5.82 Å². The van der Waals surface area contributed by atoms with Crippen molar-refractivity contribution in [2.75, 3.05) is 5.32 Å². The van der Waals surface area contributed by atoms with Crippen LogP contribution >= 0.6 is 0 Å². The van der Waals surface area contributed by atoms with E-state index in [-0.39, 0.29) is 5.82 Å². The summed E-state index contributed by atoms with van der Waals surface area (Å²) in [5.41, 5.74) is 4.82. The minimum atomic E-state index is -0.182. The molecule has 1 nitrogen and oxygen atoms in total. The molecule has 0 aliphatic carbocycles. The fourth-order valence-corrected chi connectivity index (χ4v) is 2.18. The Labute approximate surface area is 114 Å². The molecule has 0 amide bonds. The SMILES string of the molecule is Cc1ccc(C)c(NC(C)Cc2ccc(F)cc2)c1. The van der Waals surface area contributed by atoms with Gasteiger partial charge in [-0.25, -0.2) is 4.39 Å². The van der Waals surface area contributed by atoms with Crippen LogP contribution in [0.1, 0.15) is 23.6 Å². The molecule has 100 valence electrons. The van der Waals surface area contributed by atoms with Crippen molar-refractivity contribution < 1.29 is 4.39 Å². The van der Waals surface area contributed by atoms with Gasteiger partial charge in [-0.3, -0.25) is 0 Å². The molecule has 0 aromatic heterocycles. The number of anilines is 1. The van der Waals surface area contributed by atoms with Crippen LogP contribution in [0.5, 0.6) is 0 Å². The topological polar surface area (TPSA) is 12.0 Å². The molecule has 0 bridgehead atoms. The molecule has 0 spiro atoms. The largest absolute Gasteiger partial charge is 0.382 e. The molecule has 0 aliphatic rings. The van der Waals surface area contributed by atoms with E-state index in [9.17, 15) is 4.39 Å². The molecular formula is C17H20FN.